The van der Waals surface area contributed by atoms with Crippen LogP contribution < -0.4 is 53.2 Å². The monoisotopic (exact) mass is 1320 g/mol. The number of rotatable bonds is 0. The maximum absolute atomic E-state index is 10.7. The van der Waals surface area contributed by atoms with Crippen LogP contribution in [0, 0.1) is 0 Å². The summed E-state index contributed by atoms with van der Waals surface area (Å²) in [6.07, 6.45) is 45.7. The van der Waals surface area contributed by atoms with E-state index in [1.54, 1.807) is 0 Å². The Morgan fingerprint density at radius 3 is 0.730 bits per heavy atom. The maximum Gasteiger partial charge on any atom is 0.150 e. The van der Waals surface area contributed by atoms with Crippen LogP contribution in [-0.2, 0) is 33.5 Å². The molecule has 20 heteroatoms. The van der Waals surface area contributed by atoms with Gasteiger partial charge in [-0.05, 0) is 251 Å². The van der Waals surface area contributed by atoms with Crippen LogP contribution in [0.1, 0.15) is 199 Å². The van der Waals surface area contributed by atoms with Gasteiger partial charge in [0.05, 0.1) is 31.3 Å². The number of hydrogen-bond donors (Lipinski definition) is 10. The van der Waals surface area contributed by atoms with Gasteiger partial charge in [-0.2, -0.15) is 23.5 Å². The zero-order valence-electron chi connectivity index (χ0n) is 57.6. The Balaban J connectivity index is 0.000000478. The predicted octanol–water partition coefficient (Wildman–Crippen LogP) is 9.51. The first-order valence-corrected chi connectivity index (χ1v) is 41.3. The number of hydrogen-bond acceptors (Lipinski definition) is 19. The fraction of sp³-hybridized carbons (Fsp3) is 0.971. The minimum atomic E-state index is -2.58. The van der Waals surface area contributed by atoms with Crippen molar-refractivity contribution in [2.75, 3.05) is 231 Å². The first-order valence-electron chi connectivity index (χ1n) is 37.2. The zero-order chi connectivity index (χ0) is 63.3. The van der Waals surface area contributed by atoms with E-state index >= 15 is 0 Å². The van der Waals surface area contributed by atoms with Crippen molar-refractivity contribution in [3.8, 4) is 0 Å². The lowest BCUT2D eigenvalue weighted by Gasteiger charge is -2.10. The van der Waals surface area contributed by atoms with Gasteiger partial charge in [0.1, 0.15) is 9.84 Å². The summed E-state index contributed by atoms with van der Waals surface area (Å²) in [5, 5.41) is 32.4. The Bertz CT molecular complexity index is 1110. The largest absolute Gasteiger partial charge is 0.381 e. The van der Waals surface area contributed by atoms with E-state index in [0.717, 1.165) is 125 Å². The summed E-state index contributed by atoms with van der Waals surface area (Å²) in [7, 11) is -2.58. The molecule has 15 heterocycles. The van der Waals surface area contributed by atoms with Crippen molar-refractivity contribution in [1.82, 2.24) is 53.2 Å². The molecule has 0 bridgehead atoms. The van der Waals surface area contributed by atoms with Crippen LogP contribution in [0.2, 0.25) is 0 Å². The van der Waals surface area contributed by atoms with Crippen LogP contribution in [-0.4, -0.2) is 240 Å². The molecule has 0 unspecified atom stereocenters. The summed E-state index contributed by atoms with van der Waals surface area (Å²) in [4.78, 5) is 0. The van der Waals surface area contributed by atoms with Gasteiger partial charge in [0.25, 0.3) is 0 Å². The molecule has 0 saturated carbocycles. The van der Waals surface area contributed by atoms with E-state index < -0.39 is 9.84 Å². The summed E-state index contributed by atoms with van der Waals surface area (Å²) in [5.74, 6) is 6.29. The van der Waals surface area contributed by atoms with Crippen LogP contribution in [0.25, 0.3) is 0 Å². The first kappa shape index (κ1) is 86.8. The lowest BCUT2D eigenvalue weighted by Crippen LogP contribution is -2.30. The van der Waals surface area contributed by atoms with E-state index in [1.165, 1.54) is 294 Å². The molecule has 0 aromatic carbocycles. The highest BCUT2D eigenvalue weighted by Crippen LogP contribution is 2.15. The van der Waals surface area contributed by atoms with Crippen molar-refractivity contribution >= 4 is 33.4 Å². The summed E-state index contributed by atoms with van der Waals surface area (Å²) in [6, 6.07) is 0. The molecule has 0 aliphatic carbocycles. The molecule has 14 fully saturated rings. The van der Waals surface area contributed by atoms with Gasteiger partial charge in [-0.1, -0.05) is 63.5 Å². The molecule has 0 atom stereocenters. The number of piperidine rings is 2. The highest BCUT2D eigenvalue weighted by molar-refractivity contribution is 7.99. The molecule has 10 N–H and O–H groups in total. The molecule has 15 rings (SSSR count). The molecule has 89 heavy (non-hydrogen) atoms. The number of morpholine rings is 1. The SMILES string of the molecule is C1=CCNCC1.C1CCCNCC1.C1CCCNCC1.C1CCNC1.C1CCNCC1.C1CCNCC1.C1CCOC1.C1CCOCC1.C1CCSCC1.C1CNC1.C1CNCCOC1.C1COC1.C1COCCN1.C1CSCCN1.O=S1(=O)CCCCC1. The average Bonchev–Trinajstić information content (AvgIpc) is 4.18. The van der Waals surface area contributed by atoms with E-state index in [4.69, 9.17) is 23.7 Å². The molecular weight excluding hydrogens is 1180 g/mol. The van der Waals surface area contributed by atoms with Crippen molar-refractivity contribution < 1.29 is 32.1 Å². The number of ether oxygens (including phenoxy) is 5. The summed E-state index contributed by atoms with van der Waals surface area (Å²) in [6.45, 7) is 33.5. The van der Waals surface area contributed by atoms with E-state index in [1.807, 2.05) is 11.8 Å². The van der Waals surface area contributed by atoms with Gasteiger partial charge in [-0.15, -0.1) is 0 Å². The molecule has 532 valence electrons. The topological polar surface area (TPSA) is 201 Å². The van der Waals surface area contributed by atoms with Crippen LogP contribution >= 0.6 is 23.5 Å². The molecule has 0 amide bonds. The van der Waals surface area contributed by atoms with Crippen molar-refractivity contribution in [2.24, 2.45) is 0 Å². The molecule has 0 spiro atoms. The quantitative estimate of drug-likeness (QED) is 0.103. The molecule has 0 aromatic heterocycles. The molecule has 14 saturated heterocycles. The fourth-order valence-corrected chi connectivity index (χ4v) is 12.9. The molecule has 15 aliphatic heterocycles. The van der Waals surface area contributed by atoms with Gasteiger partial charge < -0.3 is 76.9 Å². The molecule has 17 nitrogen and oxygen atoms in total. The lowest BCUT2D eigenvalue weighted by molar-refractivity contribution is 0.0367. The third kappa shape index (κ3) is 78.4. The van der Waals surface area contributed by atoms with Gasteiger partial charge in [0.2, 0.25) is 0 Å². The normalized spacial score (nSPS) is 24.1. The third-order valence-corrected chi connectivity index (χ3v) is 19.6. The second kappa shape index (κ2) is 78.5. The van der Waals surface area contributed by atoms with Gasteiger partial charge in [0, 0.05) is 97.0 Å². The Morgan fingerprint density at radius 2 is 0.506 bits per heavy atom. The Labute approximate surface area is 558 Å². The van der Waals surface area contributed by atoms with Crippen LogP contribution in [0.5, 0.6) is 0 Å². The Hall–Kier alpha value is -0.210. The van der Waals surface area contributed by atoms with Gasteiger partial charge >= 0.3 is 0 Å². The van der Waals surface area contributed by atoms with Gasteiger partial charge in [-0.25, -0.2) is 8.42 Å². The second-order valence-electron chi connectivity index (χ2n) is 24.3. The van der Waals surface area contributed by atoms with Crippen molar-refractivity contribution in [3.05, 3.63) is 12.2 Å². The maximum atomic E-state index is 10.7. The molecule has 0 radical (unpaired) electrons. The summed E-state index contributed by atoms with van der Waals surface area (Å²) in [5.41, 5.74) is 0. The van der Waals surface area contributed by atoms with Crippen molar-refractivity contribution in [2.45, 2.75) is 199 Å². The highest BCUT2D eigenvalue weighted by Gasteiger charge is 2.14. The summed E-state index contributed by atoms with van der Waals surface area (Å²) < 4.78 is 46.2. The van der Waals surface area contributed by atoms with Crippen LogP contribution in [0.15, 0.2) is 12.2 Å². The minimum Gasteiger partial charge on any atom is -0.381 e. The fourth-order valence-electron chi connectivity index (χ4n) is 9.59. The van der Waals surface area contributed by atoms with E-state index in [9.17, 15) is 8.42 Å². The second-order valence-corrected chi connectivity index (χ2v) is 29.0. The number of thioether (sulfide) groups is 2. The van der Waals surface area contributed by atoms with Gasteiger partial charge in [-0.3, -0.25) is 0 Å². The van der Waals surface area contributed by atoms with E-state index in [2.05, 4.69) is 77.1 Å². The van der Waals surface area contributed by atoms with E-state index in [0.29, 0.717) is 11.5 Å². The standard InChI is InChI=1S/2C6H13N.C5H11NO.2C5H11N.C5H9N.C5H10O2S.C5H10O.C5H10S.C4H9NO.C4H9NS.C4H9N.C4H8O.C3H7N.C3H6O/c2*1-2-4-6-7-5-3-1;1-2-6-3-5-7-4-1;3*1-2-4-6-5-3-1;6-8(7)4-2-1-3-5-8;2*1-2-4-6-5-3-1;2*1-3-6-4-2-5-1;2*1-2-4-5-3-1;2*1-2-4-3-1/h2*7H,1-6H2;6H,1-5H2;2*6H,1-5H2;1-2,6H,3-5H2;1-5H2;2*1-5H2;2*5H,1-4H2;5H,1-4H2;1-4H2;4H,1-3H2;1-3H2. The van der Waals surface area contributed by atoms with Crippen molar-refractivity contribution in [3.63, 3.8) is 0 Å². The smallest absolute Gasteiger partial charge is 0.150 e. The minimum absolute atomic E-state index is 0.424. The van der Waals surface area contributed by atoms with Gasteiger partial charge in [0.15, 0.2) is 0 Å². The summed E-state index contributed by atoms with van der Waals surface area (Å²) >= 11 is 4.13. The first-order chi connectivity index (χ1) is 44.2. The Morgan fingerprint density at radius 1 is 0.225 bits per heavy atom. The number of sulfone groups is 1. The van der Waals surface area contributed by atoms with E-state index in [-0.39, 0.29) is 0 Å². The zero-order valence-corrected chi connectivity index (χ0v) is 60.1. The molecule has 0 aromatic rings. The Kier molecular flexibility index (Phi) is 76.5. The number of nitrogens with one attached hydrogen (secondary N) is 10. The van der Waals surface area contributed by atoms with Crippen molar-refractivity contribution in [1.29, 1.82) is 0 Å². The third-order valence-electron chi connectivity index (χ3n) is 15.6. The van der Waals surface area contributed by atoms with Crippen LogP contribution in [0.4, 0.5) is 0 Å². The predicted molar refractivity (Wildman–Crippen MR) is 388 cm³/mol. The molecular formula is C69H146N10O7S3. The molecule has 15 aliphatic rings. The lowest BCUT2D eigenvalue weighted by atomic mass is 10.2. The van der Waals surface area contributed by atoms with Crippen LogP contribution in [0.3, 0.4) is 0 Å². The average molecular weight is 1320 g/mol. The highest BCUT2D eigenvalue weighted by atomic mass is 32.2.